The van der Waals surface area contributed by atoms with Crippen molar-refractivity contribution in [3.8, 4) is 0 Å². The monoisotopic (exact) mass is 213 g/mol. The molecule has 86 valence electrons. The van der Waals surface area contributed by atoms with E-state index in [0.717, 1.165) is 6.42 Å². The fourth-order valence-electron chi connectivity index (χ4n) is 1.15. The van der Waals surface area contributed by atoms with Gasteiger partial charge in [0.05, 0.1) is 0 Å². The van der Waals surface area contributed by atoms with Gasteiger partial charge >= 0.3 is 5.97 Å². The molecule has 4 heteroatoms. The van der Waals surface area contributed by atoms with Gasteiger partial charge in [0.1, 0.15) is 0 Å². The maximum atomic E-state index is 11.5. The zero-order chi connectivity index (χ0) is 11.8. The summed E-state index contributed by atoms with van der Waals surface area (Å²) in [4.78, 5) is 21.8. The van der Waals surface area contributed by atoms with Crippen molar-refractivity contribution in [2.24, 2.45) is 0 Å². The van der Waals surface area contributed by atoms with Crippen LogP contribution in [0, 0.1) is 0 Å². The van der Waals surface area contributed by atoms with Crippen LogP contribution in [0.2, 0.25) is 0 Å². The highest BCUT2D eigenvalue weighted by atomic mass is 16.4. The second kappa shape index (κ2) is 7.04. The quantitative estimate of drug-likeness (QED) is 0.660. The lowest BCUT2D eigenvalue weighted by Crippen LogP contribution is -2.33. The maximum absolute atomic E-state index is 11.5. The van der Waals surface area contributed by atoms with E-state index in [1.807, 2.05) is 13.0 Å². The average Bonchev–Trinajstić information content (AvgIpc) is 2.15. The van der Waals surface area contributed by atoms with Crippen molar-refractivity contribution < 1.29 is 14.7 Å². The minimum absolute atomic E-state index is 0.0813. The second-order valence-electron chi connectivity index (χ2n) is 3.60. The van der Waals surface area contributed by atoms with Gasteiger partial charge in [-0.05, 0) is 26.7 Å². The van der Waals surface area contributed by atoms with E-state index in [1.165, 1.54) is 0 Å². The molecule has 0 aromatic heterocycles. The number of allylic oxidation sites excluding steroid dienone is 1. The first-order valence-corrected chi connectivity index (χ1v) is 5.16. The fraction of sp³-hybridized carbons (Fsp3) is 0.636. The summed E-state index contributed by atoms with van der Waals surface area (Å²) in [7, 11) is 0. The first-order valence-electron chi connectivity index (χ1n) is 5.16. The van der Waals surface area contributed by atoms with Crippen molar-refractivity contribution >= 4 is 11.9 Å². The van der Waals surface area contributed by atoms with E-state index in [9.17, 15) is 9.59 Å². The predicted molar refractivity (Wildman–Crippen MR) is 58.5 cm³/mol. The second-order valence-corrected chi connectivity index (χ2v) is 3.60. The van der Waals surface area contributed by atoms with E-state index in [1.54, 1.807) is 13.8 Å². The molecule has 0 saturated carbocycles. The molecule has 0 aromatic carbocycles. The molecule has 4 nitrogen and oxygen atoms in total. The molecule has 0 bridgehead atoms. The predicted octanol–water partition coefficient (Wildman–Crippen LogP) is 1.71. The number of amides is 1. The SMILES string of the molecule is CC/C=C(\C)C(=O)N[C@H](C)CCC(=O)O. The number of hydrogen-bond donors (Lipinski definition) is 2. The Bertz CT molecular complexity index is 259. The molecule has 0 aliphatic heterocycles. The number of hydrogen-bond acceptors (Lipinski definition) is 2. The van der Waals surface area contributed by atoms with Crippen LogP contribution in [0.1, 0.15) is 40.0 Å². The van der Waals surface area contributed by atoms with Gasteiger partial charge in [0.15, 0.2) is 0 Å². The molecule has 0 unspecified atom stereocenters. The molecule has 15 heavy (non-hydrogen) atoms. The van der Waals surface area contributed by atoms with Gasteiger partial charge in [-0.25, -0.2) is 0 Å². The number of nitrogens with one attached hydrogen (secondary N) is 1. The first kappa shape index (κ1) is 13.7. The molecule has 0 aliphatic rings. The van der Waals surface area contributed by atoms with Crippen LogP contribution in [0.4, 0.5) is 0 Å². The minimum atomic E-state index is -0.836. The van der Waals surface area contributed by atoms with Crippen LogP contribution in [-0.2, 0) is 9.59 Å². The zero-order valence-electron chi connectivity index (χ0n) is 9.54. The summed E-state index contributed by atoms with van der Waals surface area (Å²) in [5.74, 6) is -0.952. The molecular weight excluding hydrogens is 194 g/mol. The Hall–Kier alpha value is -1.32. The van der Waals surface area contributed by atoms with Crippen LogP contribution in [0.5, 0.6) is 0 Å². The van der Waals surface area contributed by atoms with Crippen LogP contribution >= 0.6 is 0 Å². The largest absolute Gasteiger partial charge is 0.481 e. The third-order valence-electron chi connectivity index (χ3n) is 2.04. The van der Waals surface area contributed by atoms with Gasteiger partial charge in [0.2, 0.25) is 5.91 Å². The molecule has 0 saturated heterocycles. The Kier molecular flexibility index (Phi) is 6.42. The van der Waals surface area contributed by atoms with Crippen molar-refractivity contribution in [2.75, 3.05) is 0 Å². The lowest BCUT2D eigenvalue weighted by atomic mass is 10.1. The maximum Gasteiger partial charge on any atom is 0.303 e. The van der Waals surface area contributed by atoms with Crippen molar-refractivity contribution in [3.05, 3.63) is 11.6 Å². The summed E-state index contributed by atoms with van der Waals surface area (Å²) >= 11 is 0. The highest BCUT2D eigenvalue weighted by molar-refractivity contribution is 5.92. The zero-order valence-corrected chi connectivity index (χ0v) is 9.54. The smallest absolute Gasteiger partial charge is 0.303 e. The molecular formula is C11H19NO3. The Morgan fingerprint density at radius 2 is 2.07 bits per heavy atom. The molecule has 0 radical (unpaired) electrons. The summed E-state index contributed by atoms with van der Waals surface area (Å²) in [6.45, 7) is 5.52. The van der Waals surface area contributed by atoms with Crippen molar-refractivity contribution in [1.29, 1.82) is 0 Å². The van der Waals surface area contributed by atoms with Crippen LogP contribution in [0.25, 0.3) is 0 Å². The van der Waals surface area contributed by atoms with E-state index < -0.39 is 5.97 Å². The van der Waals surface area contributed by atoms with E-state index in [2.05, 4.69) is 5.32 Å². The normalized spacial score (nSPS) is 13.4. The topological polar surface area (TPSA) is 66.4 Å². The van der Waals surface area contributed by atoms with Crippen LogP contribution in [0.15, 0.2) is 11.6 Å². The van der Waals surface area contributed by atoms with Gasteiger partial charge in [0.25, 0.3) is 0 Å². The third-order valence-corrected chi connectivity index (χ3v) is 2.04. The van der Waals surface area contributed by atoms with Gasteiger partial charge in [-0.2, -0.15) is 0 Å². The van der Waals surface area contributed by atoms with E-state index in [4.69, 9.17) is 5.11 Å². The Labute approximate surface area is 90.4 Å². The Morgan fingerprint density at radius 1 is 1.47 bits per heavy atom. The van der Waals surface area contributed by atoms with Crippen LogP contribution < -0.4 is 5.32 Å². The number of carboxylic acids is 1. The van der Waals surface area contributed by atoms with Crippen molar-refractivity contribution in [3.63, 3.8) is 0 Å². The number of carbonyl (C=O) groups is 2. The molecule has 0 aliphatic carbocycles. The third kappa shape index (κ3) is 6.71. The lowest BCUT2D eigenvalue weighted by molar-refractivity contribution is -0.137. The molecule has 0 fully saturated rings. The summed E-state index contributed by atoms with van der Waals surface area (Å²) in [5.41, 5.74) is 0.680. The van der Waals surface area contributed by atoms with Gasteiger partial charge < -0.3 is 10.4 Å². The standard InChI is InChI=1S/C11H19NO3/c1-4-5-8(2)11(15)12-9(3)6-7-10(13)14/h5,9H,4,6-7H2,1-3H3,(H,12,15)(H,13,14)/b8-5+/t9-/m1/s1. The highest BCUT2D eigenvalue weighted by Gasteiger charge is 2.09. The molecule has 2 N–H and O–H groups in total. The van der Waals surface area contributed by atoms with Gasteiger partial charge in [-0.3, -0.25) is 9.59 Å². The van der Waals surface area contributed by atoms with Crippen LogP contribution in [-0.4, -0.2) is 23.0 Å². The lowest BCUT2D eigenvalue weighted by Gasteiger charge is -2.12. The number of carbonyl (C=O) groups excluding carboxylic acids is 1. The summed E-state index contributed by atoms with van der Waals surface area (Å²) in [5, 5.41) is 11.2. The molecule has 0 aromatic rings. The summed E-state index contributed by atoms with van der Waals surface area (Å²) in [6.07, 6.45) is 3.21. The van der Waals surface area contributed by atoms with Crippen molar-refractivity contribution in [1.82, 2.24) is 5.32 Å². The average molecular weight is 213 g/mol. The van der Waals surface area contributed by atoms with Gasteiger partial charge in [-0.15, -0.1) is 0 Å². The summed E-state index contributed by atoms with van der Waals surface area (Å²) < 4.78 is 0. The minimum Gasteiger partial charge on any atom is -0.481 e. The molecule has 1 amide bonds. The summed E-state index contributed by atoms with van der Waals surface area (Å²) in [6, 6.07) is -0.103. The van der Waals surface area contributed by atoms with E-state index >= 15 is 0 Å². The number of rotatable bonds is 6. The molecule has 1 atom stereocenters. The molecule has 0 heterocycles. The van der Waals surface area contributed by atoms with E-state index in [0.29, 0.717) is 12.0 Å². The molecule has 0 spiro atoms. The highest BCUT2D eigenvalue weighted by Crippen LogP contribution is 2.00. The number of aliphatic carboxylic acids is 1. The van der Waals surface area contributed by atoms with Crippen molar-refractivity contribution in [2.45, 2.75) is 46.1 Å². The molecule has 0 rings (SSSR count). The Morgan fingerprint density at radius 3 is 2.53 bits per heavy atom. The fourth-order valence-corrected chi connectivity index (χ4v) is 1.15. The first-order chi connectivity index (χ1) is 6.97. The van der Waals surface area contributed by atoms with Gasteiger partial charge in [-0.1, -0.05) is 13.0 Å². The van der Waals surface area contributed by atoms with E-state index in [-0.39, 0.29) is 18.4 Å². The van der Waals surface area contributed by atoms with Crippen LogP contribution in [0.3, 0.4) is 0 Å². The Balaban J connectivity index is 3.96. The van der Waals surface area contributed by atoms with Gasteiger partial charge in [0, 0.05) is 18.0 Å². The number of carboxylic acid groups (broad SMARTS) is 1.